The van der Waals surface area contributed by atoms with Crippen molar-refractivity contribution < 1.29 is 36.1 Å². The van der Waals surface area contributed by atoms with E-state index in [4.69, 9.17) is 10.2 Å². The zero-order valence-corrected chi connectivity index (χ0v) is 27.9. The maximum Gasteiger partial charge on any atom is 4.00 e. The number of hydrogen-bond donors (Lipinski definition) is 0. The predicted octanol–water partition coefficient (Wildman–Crippen LogP) is 2.39. The monoisotopic (exact) mass is 654 g/mol. The van der Waals surface area contributed by atoms with Gasteiger partial charge in [-0.2, -0.15) is 38.5 Å². The first-order chi connectivity index (χ1) is 15.2. The molecule has 0 saturated carbocycles. The molecule has 2 aromatic rings. The number of rotatable bonds is 4. The molecule has 4 rings (SSSR count). The number of aryl methyl sites for hydroxylation is 2. The van der Waals surface area contributed by atoms with Gasteiger partial charge in [-0.1, -0.05) is 40.0 Å². The van der Waals surface area contributed by atoms with E-state index in [1.165, 1.54) is 63.0 Å². The van der Waals surface area contributed by atoms with Gasteiger partial charge in [0.15, 0.2) is 0 Å². The molecule has 0 atom stereocenters. The van der Waals surface area contributed by atoms with Crippen LogP contribution in [0.25, 0.3) is 0 Å². The Morgan fingerprint density at radius 1 is 0.636 bits per heavy atom. The molecular weight excluding hydrogens is 607 g/mol. The average Bonchev–Trinajstić information content (AvgIpc) is 3.59. The fourth-order valence-corrected chi connectivity index (χ4v) is 10.5. The van der Waals surface area contributed by atoms with Crippen LogP contribution < -0.4 is 20.6 Å². The standard InChI is InChI=1S/2C12H20NSi.2CH3O.Hf/c2*1-11-6-7-12(10-11)14(2,3)13-8-4-5-9-13;2*1-2;/h2*6-7,10H,4-5,8-9H2,1-3H3;2*1H3;/q4*-1;+4. The molecule has 33 heavy (non-hydrogen) atoms. The molecule has 2 saturated heterocycles. The van der Waals surface area contributed by atoms with E-state index < -0.39 is 16.5 Å². The summed E-state index contributed by atoms with van der Waals surface area (Å²) in [6.45, 7) is 19.6. The third-order valence-corrected chi connectivity index (χ3v) is 14.5. The van der Waals surface area contributed by atoms with Gasteiger partial charge < -0.3 is 19.3 Å². The van der Waals surface area contributed by atoms with Gasteiger partial charge in [0.1, 0.15) is 0 Å². The summed E-state index contributed by atoms with van der Waals surface area (Å²) in [5, 5.41) is 19.7. The molecule has 2 fully saturated rings. The second-order valence-corrected chi connectivity index (χ2v) is 18.5. The van der Waals surface area contributed by atoms with Gasteiger partial charge in [0.25, 0.3) is 0 Å². The Morgan fingerprint density at radius 3 is 1.12 bits per heavy atom. The minimum absolute atomic E-state index is 0. The van der Waals surface area contributed by atoms with Crippen molar-refractivity contribution in [2.75, 3.05) is 40.4 Å². The van der Waals surface area contributed by atoms with Crippen LogP contribution >= 0.6 is 0 Å². The molecule has 0 amide bonds. The molecular formula is C26H46HfN2O2Si2. The van der Waals surface area contributed by atoms with Crippen LogP contribution in [0.5, 0.6) is 0 Å². The Balaban J connectivity index is 0.000000526. The van der Waals surface area contributed by atoms with E-state index in [2.05, 4.69) is 85.6 Å². The van der Waals surface area contributed by atoms with Crippen molar-refractivity contribution >= 4 is 26.8 Å². The summed E-state index contributed by atoms with van der Waals surface area (Å²) in [6.07, 6.45) is 5.60. The maximum atomic E-state index is 8.25. The fraction of sp³-hybridized carbons (Fsp3) is 0.615. The average molecular weight is 653 g/mol. The first-order valence-corrected chi connectivity index (χ1v) is 17.9. The minimum atomic E-state index is -1.29. The molecule has 0 bridgehead atoms. The van der Waals surface area contributed by atoms with E-state index in [1.54, 1.807) is 10.4 Å². The molecule has 2 heterocycles. The van der Waals surface area contributed by atoms with E-state index in [1.807, 2.05) is 0 Å². The molecule has 7 heteroatoms. The molecule has 2 aliphatic heterocycles. The second-order valence-electron chi connectivity index (χ2n) is 9.86. The van der Waals surface area contributed by atoms with Crippen LogP contribution in [-0.4, -0.2) is 66.0 Å². The molecule has 0 unspecified atom stereocenters. The summed E-state index contributed by atoms with van der Waals surface area (Å²) >= 11 is 0. The summed E-state index contributed by atoms with van der Waals surface area (Å²) < 4.78 is 5.48. The summed E-state index contributed by atoms with van der Waals surface area (Å²) in [6, 6.07) is 13.9. The van der Waals surface area contributed by atoms with Crippen LogP contribution in [0.3, 0.4) is 0 Å². The largest absolute Gasteiger partial charge is 4.00 e. The van der Waals surface area contributed by atoms with Crippen molar-refractivity contribution in [3.8, 4) is 0 Å². The Bertz CT molecular complexity index is 698. The quantitative estimate of drug-likeness (QED) is 0.376. The van der Waals surface area contributed by atoms with Gasteiger partial charge in [0.2, 0.25) is 0 Å². The van der Waals surface area contributed by atoms with Crippen molar-refractivity contribution in [1.29, 1.82) is 0 Å². The zero-order chi connectivity index (χ0) is 24.4. The normalized spacial score (nSPS) is 16.5. The summed E-state index contributed by atoms with van der Waals surface area (Å²) in [7, 11) is -1.08. The molecule has 0 N–H and O–H groups in total. The molecule has 2 aliphatic rings. The number of nitrogens with zero attached hydrogens (tertiary/aromatic N) is 2. The van der Waals surface area contributed by atoms with Crippen LogP contribution in [0.2, 0.25) is 26.2 Å². The van der Waals surface area contributed by atoms with Crippen molar-refractivity contribution in [3.05, 3.63) is 47.5 Å². The second kappa shape index (κ2) is 15.8. The van der Waals surface area contributed by atoms with E-state index in [0.29, 0.717) is 0 Å². The van der Waals surface area contributed by atoms with Gasteiger partial charge in [-0.25, -0.2) is 23.3 Å². The fourth-order valence-electron chi connectivity index (χ4n) is 4.80. The van der Waals surface area contributed by atoms with E-state index in [0.717, 1.165) is 14.2 Å². The minimum Gasteiger partial charge on any atom is -0.857 e. The molecule has 0 spiro atoms. The van der Waals surface area contributed by atoms with Gasteiger partial charge >= 0.3 is 25.8 Å². The van der Waals surface area contributed by atoms with Crippen LogP contribution in [0.1, 0.15) is 36.8 Å². The molecule has 0 aromatic heterocycles. The van der Waals surface area contributed by atoms with Crippen molar-refractivity contribution in [2.45, 2.75) is 65.7 Å². The molecule has 4 nitrogen and oxygen atoms in total. The summed E-state index contributed by atoms with van der Waals surface area (Å²) in [4.78, 5) is 0. The van der Waals surface area contributed by atoms with Crippen LogP contribution in [0.15, 0.2) is 36.4 Å². The molecule has 2 aromatic carbocycles. The van der Waals surface area contributed by atoms with E-state index in [-0.39, 0.29) is 25.8 Å². The first kappa shape index (κ1) is 32.8. The third kappa shape index (κ3) is 9.09. The SMILES string of the molecule is C[O-].C[O-].Cc1cc[c-]([Si](C)(C)N2CCCC2)c1.Cc1cc[c-]([Si](C)(C)N2CCCC2)c1.[Hf+4]. The molecule has 0 aliphatic carbocycles. The van der Waals surface area contributed by atoms with Gasteiger partial charge in [0, 0.05) is 0 Å². The summed E-state index contributed by atoms with van der Waals surface area (Å²) in [5.74, 6) is 0. The predicted molar refractivity (Wildman–Crippen MR) is 141 cm³/mol. The Kier molecular flexibility index (Phi) is 15.7. The zero-order valence-electron chi connectivity index (χ0n) is 22.3. The first-order valence-electron chi connectivity index (χ1n) is 12.0. The Morgan fingerprint density at radius 2 is 0.909 bits per heavy atom. The number of hydrogen-bond acceptors (Lipinski definition) is 4. The summed E-state index contributed by atoms with van der Waals surface area (Å²) in [5.41, 5.74) is 2.83. The molecule has 184 valence electrons. The maximum absolute atomic E-state index is 8.25. The van der Waals surface area contributed by atoms with Gasteiger partial charge in [0.05, 0.1) is 16.5 Å². The van der Waals surface area contributed by atoms with Gasteiger partial charge in [-0.15, -0.1) is 10.4 Å². The van der Waals surface area contributed by atoms with E-state index >= 15 is 0 Å². The van der Waals surface area contributed by atoms with Crippen LogP contribution in [0, 0.1) is 13.8 Å². The Labute approximate surface area is 224 Å². The van der Waals surface area contributed by atoms with Gasteiger partial charge in [-0.3, -0.25) is 0 Å². The van der Waals surface area contributed by atoms with Crippen LogP contribution in [-0.2, 0) is 25.8 Å². The van der Waals surface area contributed by atoms with Crippen molar-refractivity contribution in [1.82, 2.24) is 9.13 Å². The smallest absolute Gasteiger partial charge is 0.857 e. The van der Waals surface area contributed by atoms with E-state index in [9.17, 15) is 0 Å². The third-order valence-electron chi connectivity index (χ3n) is 7.02. The van der Waals surface area contributed by atoms with Gasteiger partial charge in [-0.05, 0) is 51.9 Å². The molecule has 0 radical (unpaired) electrons. The topological polar surface area (TPSA) is 52.6 Å². The Hall–Kier alpha value is -0.156. The van der Waals surface area contributed by atoms with Crippen LogP contribution in [0.4, 0.5) is 0 Å². The van der Waals surface area contributed by atoms with Crippen molar-refractivity contribution in [3.63, 3.8) is 0 Å². The van der Waals surface area contributed by atoms with Crippen molar-refractivity contribution in [2.24, 2.45) is 0 Å².